The first-order chi connectivity index (χ1) is 11.1. The molecule has 2 aromatic rings. The molecule has 0 amide bonds. The van der Waals surface area contributed by atoms with Gasteiger partial charge in [-0.2, -0.15) is 0 Å². The van der Waals surface area contributed by atoms with E-state index in [-0.39, 0.29) is 18.2 Å². The quantitative estimate of drug-likeness (QED) is 0.844. The van der Waals surface area contributed by atoms with E-state index in [9.17, 15) is 4.39 Å². The molecule has 0 saturated carbocycles. The Balaban J connectivity index is 0.00000208. The minimum atomic E-state index is -0.250. The molecule has 0 radical (unpaired) electrons. The summed E-state index contributed by atoms with van der Waals surface area (Å²) in [5.74, 6) is 1.28. The highest BCUT2D eigenvalue weighted by atomic mass is 35.5. The minimum absolute atomic E-state index is 0. The average molecular weight is 356 g/mol. The summed E-state index contributed by atoms with van der Waals surface area (Å²) >= 11 is 0. The maximum absolute atomic E-state index is 13.1. The van der Waals surface area contributed by atoms with Crippen LogP contribution in [-0.2, 0) is 11.8 Å². The van der Waals surface area contributed by atoms with Gasteiger partial charge < -0.3 is 14.5 Å². The van der Waals surface area contributed by atoms with Crippen molar-refractivity contribution in [2.24, 2.45) is 7.05 Å². The SMILES string of the molecule is CN(c1ccc(F)cc1)c1nnc(N(C)C2CCOCC2)n1C.Cl. The third kappa shape index (κ3) is 3.62. The number of nitrogens with zero attached hydrogens (tertiary/aromatic N) is 5. The van der Waals surface area contributed by atoms with Gasteiger partial charge in [-0.05, 0) is 37.1 Å². The van der Waals surface area contributed by atoms with E-state index in [4.69, 9.17) is 4.74 Å². The molecule has 1 saturated heterocycles. The second kappa shape index (κ2) is 7.81. The van der Waals surface area contributed by atoms with Crippen molar-refractivity contribution in [1.82, 2.24) is 14.8 Å². The lowest BCUT2D eigenvalue weighted by atomic mass is 10.1. The molecule has 24 heavy (non-hydrogen) atoms. The summed E-state index contributed by atoms with van der Waals surface area (Å²) in [7, 11) is 5.89. The molecule has 0 unspecified atom stereocenters. The van der Waals surface area contributed by atoms with Crippen molar-refractivity contribution < 1.29 is 9.13 Å². The topological polar surface area (TPSA) is 46.4 Å². The molecule has 1 aliphatic heterocycles. The van der Waals surface area contributed by atoms with Crippen LogP contribution in [0.4, 0.5) is 22.0 Å². The van der Waals surface area contributed by atoms with E-state index in [0.717, 1.165) is 37.7 Å². The molecule has 6 nitrogen and oxygen atoms in total. The van der Waals surface area contributed by atoms with Crippen LogP contribution >= 0.6 is 12.4 Å². The van der Waals surface area contributed by atoms with E-state index in [0.29, 0.717) is 12.0 Å². The number of hydrogen-bond acceptors (Lipinski definition) is 5. The fourth-order valence-corrected chi connectivity index (χ4v) is 2.93. The van der Waals surface area contributed by atoms with E-state index in [1.54, 1.807) is 12.1 Å². The van der Waals surface area contributed by atoms with Gasteiger partial charge in [0.15, 0.2) is 0 Å². The van der Waals surface area contributed by atoms with E-state index < -0.39 is 0 Å². The van der Waals surface area contributed by atoms with Gasteiger partial charge in [-0.25, -0.2) is 4.39 Å². The molecule has 132 valence electrons. The van der Waals surface area contributed by atoms with Gasteiger partial charge >= 0.3 is 0 Å². The molecule has 2 heterocycles. The molecule has 0 atom stereocenters. The van der Waals surface area contributed by atoms with Crippen molar-refractivity contribution in [3.05, 3.63) is 30.1 Å². The lowest BCUT2D eigenvalue weighted by Crippen LogP contribution is -2.38. The van der Waals surface area contributed by atoms with Crippen LogP contribution in [-0.4, -0.2) is 48.1 Å². The second-order valence-corrected chi connectivity index (χ2v) is 5.85. The zero-order valence-corrected chi connectivity index (χ0v) is 15.0. The molecule has 0 spiro atoms. The smallest absolute Gasteiger partial charge is 0.232 e. The lowest BCUT2D eigenvalue weighted by Gasteiger charge is -2.31. The zero-order chi connectivity index (χ0) is 16.4. The van der Waals surface area contributed by atoms with Gasteiger partial charge in [-0.1, -0.05) is 0 Å². The van der Waals surface area contributed by atoms with E-state index in [1.165, 1.54) is 12.1 Å². The summed E-state index contributed by atoms with van der Waals surface area (Å²) in [6.07, 6.45) is 1.99. The zero-order valence-electron chi connectivity index (χ0n) is 14.1. The van der Waals surface area contributed by atoms with Crippen LogP contribution in [0.15, 0.2) is 24.3 Å². The fourth-order valence-electron chi connectivity index (χ4n) is 2.93. The number of halogens is 2. The van der Waals surface area contributed by atoms with Crippen LogP contribution in [0.25, 0.3) is 0 Å². The summed E-state index contributed by atoms with van der Waals surface area (Å²) in [5, 5.41) is 8.64. The fraction of sp³-hybridized carbons (Fsp3) is 0.500. The largest absolute Gasteiger partial charge is 0.381 e. The van der Waals surface area contributed by atoms with Crippen LogP contribution in [0.1, 0.15) is 12.8 Å². The van der Waals surface area contributed by atoms with Crippen LogP contribution in [0.3, 0.4) is 0 Å². The Kier molecular flexibility index (Phi) is 6.01. The Hall–Kier alpha value is -1.86. The van der Waals surface area contributed by atoms with Crippen LogP contribution in [0, 0.1) is 5.82 Å². The molecule has 8 heteroatoms. The summed E-state index contributed by atoms with van der Waals surface area (Å²) in [6, 6.07) is 6.75. The van der Waals surface area contributed by atoms with Crippen molar-refractivity contribution >= 4 is 30.0 Å². The minimum Gasteiger partial charge on any atom is -0.381 e. The van der Waals surface area contributed by atoms with Crippen LogP contribution in [0.5, 0.6) is 0 Å². The van der Waals surface area contributed by atoms with E-state index >= 15 is 0 Å². The van der Waals surface area contributed by atoms with Crippen molar-refractivity contribution in [2.75, 3.05) is 37.1 Å². The number of ether oxygens (including phenoxy) is 1. The Morgan fingerprint density at radius 1 is 1.08 bits per heavy atom. The molecule has 3 rings (SSSR count). The van der Waals surface area contributed by atoms with Crippen LogP contribution < -0.4 is 9.80 Å². The maximum atomic E-state index is 13.1. The number of rotatable bonds is 4. The van der Waals surface area contributed by atoms with Crippen molar-refractivity contribution in [3.63, 3.8) is 0 Å². The summed E-state index contributed by atoms with van der Waals surface area (Å²) in [4.78, 5) is 4.06. The van der Waals surface area contributed by atoms with E-state index in [1.807, 2.05) is 30.6 Å². The number of anilines is 3. The van der Waals surface area contributed by atoms with Gasteiger partial charge in [0, 0.05) is 46.1 Å². The highest BCUT2D eigenvalue weighted by Crippen LogP contribution is 2.26. The molecule has 0 N–H and O–H groups in total. The molecule has 1 fully saturated rings. The molecular formula is C16H23ClFN5O. The highest BCUT2D eigenvalue weighted by Gasteiger charge is 2.24. The Bertz CT molecular complexity index is 657. The lowest BCUT2D eigenvalue weighted by molar-refractivity contribution is 0.0851. The second-order valence-electron chi connectivity index (χ2n) is 5.85. The number of aromatic nitrogens is 3. The first kappa shape index (κ1) is 18.5. The standard InChI is InChI=1S/C16H22FN5O.ClH/c1-20(13-6-4-12(17)5-7-13)15-18-19-16(22(15)3)21(2)14-8-10-23-11-9-14;/h4-7,14H,8-11H2,1-3H3;1H. The molecule has 1 aromatic carbocycles. The average Bonchev–Trinajstić information content (AvgIpc) is 2.96. The third-order valence-electron chi connectivity index (χ3n) is 4.40. The monoisotopic (exact) mass is 355 g/mol. The third-order valence-corrected chi connectivity index (χ3v) is 4.40. The van der Waals surface area contributed by atoms with Crippen molar-refractivity contribution in [1.29, 1.82) is 0 Å². The Morgan fingerprint density at radius 3 is 2.29 bits per heavy atom. The van der Waals surface area contributed by atoms with Gasteiger partial charge in [-0.3, -0.25) is 4.57 Å². The van der Waals surface area contributed by atoms with Crippen LogP contribution in [0.2, 0.25) is 0 Å². The number of benzene rings is 1. The van der Waals surface area contributed by atoms with Crippen molar-refractivity contribution in [2.45, 2.75) is 18.9 Å². The summed E-state index contributed by atoms with van der Waals surface area (Å²) in [5.41, 5.74) is 0.863. The maximum Gasteiger partial charge on any atom is 0.232 e. The van der Waals surface area contributed by atoms with Gasteiger partial charge in [0.05, 0.1) is 0 Å². The summed E-state index contributed by atoms with van der Waals surface area (Å²) < 4.78 is 20.5. The first-order valence-electron chi connectivity index (χ1n) is 7.77. The molecule has 1 aliphatic rings. The van der Waals surface area contributed by atoms with Gasteiger partial charge in [0.25, 0.3) is 0 Å². The number of hydrogen-bond donors (Lipinski definition) is 0. The van der Waals surface area contributed by atoms with Gasteiger partial charge in [0.1, 0.15) is 5.82 Å². The van der Waals surface area contributed by atoms with E-state index in [2.05, 4.69) is 15.1 Å². The summed E-state index contributed by atoms with van der Waals surface area (Å²) in [6.45, 7) is 1.57. The predicted octanol–water partition coefficient (Wildman–Crippen LogP) is 2.76. The molecular weight excluding hydrogens is 333 g/mol. The normalized spacial score (nSPS) is 15.0. The predicted molar refractivity (Wildman–Crippen MR) is 95.0 cm³/mol. The molecule has 1 aromatic heterocycles. The molecule has 0 aliphatic carbocycles. The van der Waals surface area contributed by atoms with Gasteiger partial charge in [0.2, 0.25) is 11.9 Å². The molecule has 0 bridgehead atoms. The highest BCUT2D eigenvalue weighted by molar-refractivity contribution is 5.85. The first-order valence-corrected chi connectivity index (χ1v) is 7.77. The Labute approximate surface area is 147 Å². The van der Waals surface area contributed by atoms with Crippen molar-refractivity contribution in [3.8, 4) is 0 Å². The Morgan fingerprint density at radius 2 is 1.67 bits per heavy atom. The van der Waals surface area contributed by atoms with Gasteiger partial charge in [-0.15, -0.1) is 22.6 Å².